The van der Waals surface area contributed by atoms with Crippen LogP contribution in [0.3, 0.4) is 0 Å². The molecule has 6 nitrogen and oxygen atoms in total. The Morgan fingerprint density at radius 1 is 1.35 bits per heavy atom. The lowest BCUT2D eigenvalue weighted by Gasteiger charge is -2.32. The highest BCUT2D eigenvalue weighted by Crippen LogP contribution is 2.21. The van der Waals surface area contributed by atoms with Crippen molar-refractivity contribution in [2.45, 2.75) is 12.8 Å². The number of nitrogens with zero attached hydrogens (tertiary/aromatic N) is 1. The summed E-state index contributed by atoms with van der Waals surface area (Å²) in [6, 6.07) is 7.52. The lowest BCUT2D eigenvalue weighted by molar-refractivity contribution is 0.0625. The van der Waals surface area contributed by atoms with Crippen LogP contribution in [0.4, 0.5) is 4.39 Å². The van der Waals surface area contributed by atoms with Crippen molar-refractivity contribution in [1.29, 1.82) is 0 Å². The van der Waals surface area contributed by atoms with Gasteiger partial charge in [-0.05, 0) is 25.0 Å². The second kappa shape index (κ2) is 8.03. The van der Waals surface area contributed by atoms with E-state index in [1.165, 1.54) is 25.4 Å². The number of nitrogens with one attached hydrogen (secondary N) is 1. The summed E-state index contributed by atoms with van der Waals surface area (Å²) in [6.07, 6.45) is 3.12. The zero-order chi connectivity index (χ0) is 18.5. The van der Waals surface area contributed by atoms with Gasteiger partial charge in [0.15, 0.2) is 17.3 Å². The SMILES string of the molecule is COc1c[nH]c(C(=O)N2CCCC(COc3ccccc3F)C2)cc1=O. The molecule has 26 heavy (non-hydrogen) atoms. The quantitative estimate of drug-likeness (QED) is 0.889. The average molecular weight is 360 g/mol. The summed E-state index contributed by atoms with van der Waals surface area (Å²) in [5.41, 5.74) is -0.113. The number of rotatable bonds is 5. The molecule has 1 amide bonds. The summed E-state index contributed by atoms with van der Waals surface area (Å²) in [5, 5.41) is 0. The number of hydrogen-bond acceptors (Lipinski definition) is 4. The van der Waals surface area contributed by atoms with Gasteiger partial charge in [0.05, 0.1) is 13.7 Å². The van der Waals surface area contributed by atoms with Crippen LogP contribution in [-0.2, 0) is 0 Å². The lowest BCUT2D eigenvalue weighted by atomic mass is 9.98. The lowest BCUT2D eigenvalue weighted by Crippen LogP contribution is -2.42. The maximum atomic E-state index is 13.6. The standard InChI is InChI=1S/C19H21FN2O4/c1-25-18-10-21-15(9-16(18)23)19(24)22-8-4-5-13(11-22)12-26-17-7-3-2-6-14(17)20/h2-3,6-7,9-10,13H,4-5,8,11-12H2,1H3,(H,21,23). The minimum absolute atomic E-state index is 0.109. The number of piperidine rings is 1. The Hall–Kier alpha value is -2.83. The van der Waals surface area contributed by atoms with Crippen molar-refractivity contribution in [2.24, 2.45) is 5.92 Å². The first-order chi connectivity index (χ1) is 12.6. The molecule has 1 N–H and O–H groups in total. The molecule has 1 aromatic heterocycles. The van der Waals surface area contributed by atoms with Gasteiger partial charge in [-0.15, -0.1) is 0 Å². The van der Waals surface area contributed by atoms with Gasteiger partial charge in [-0.25, -0.2) is 4.39 Å². The zero-order valence-corrected chi connectivity index (χ0v) is 14.5. The van der Waals surface area contributed by atoms with Crippen LogP contribution in [0.25, 0.3) is 0 Å². The summed E-state index contributed by atoms with van der Waals surface area (Å²) in [5.74, 6) is -0.142. The van der Waals surface area contributed by atoms with Crippen LogP contribution in [-0.4, -0.2) is 42.6 Å². The molecule has 1 aliphatic heterocycles. The largest absolute Gasteiger partial charge is 0.491 e. The number of aromatic nitrogens is 1. The van der Waals surface area contributed by atoms with E-state index >= 15 is 0 Å². The van der Waals surface area contributed by atoms with Crippen LogP contribution < -0.4 is 14.9 Å². The molecule has 138 valence electrons. The summed E-state index contributed by atoms with van der Waals surface area (Å²) in [6.45, 7) is 1.45. The van der Waals surface area contributed by atoms with E-state index < -0.39 is 5.82 Å². The van der Waals surface area contributed by atoms with Gasteiger partial charge >= 0.3 is 0 Å². The number of benzene rings is 1. The first kappa shape index (κ1) is 18.0. The molecule has 1 unspecified atom stereocenters. The van der Waals surface area contributed by atoms with Crippen molar-refractivity contribution in [1.82, 2.24) is 9.88 Å². The molecule has 2 aromatic rings. The fourth-order valence-electron chi connectivity index (χ4n) is 3.07. The molecule has 1 aliphatic rings. The molecule has 3 rings (SSSR count). The number of carbonyl (C=O) groups excluding carboxylic acids is 1. The summed E-state index contributed by atoms with van der Waals surface area (Å²) >= 11 is 0. The number of carbonyl (C=O) groups is 1. The van der Waals surface area contributed by atoms with Gasteiger partial charge in [0.1, 0.15) is 5.69 Å². The highest BCUT2D eigenvalue weighted by Gasteiger charge is 2.26. The van der Waals surface area contributed by atoms with Crippen LogP contribution >= 0.6 is 0 Å². The molecule has 0 aliphatic carbocycles. The maximum absolute atomic E-state index is 13.6. The Kier molecular flexibility index (Phi) is 5.55. The predicted octanol–water partition coefficient (Wildman–Crippen LogP) is 2.45. The normalized spacial score (nSPS) is 17.0. The third-order valence-corrected chi connectivity index (χ3v) is 4.44. The van der Waals surface area contributed by atoms with Crippen molar-refractivity contribution in [2.75, 3.05) is 26.8 Å². The van der Waals surface area contributed by atoms with Gasteiger partial charge in [0, 0.05) is 31.3 Å². The molecule has 1 saturated heterocycles. The number of amides is 1. The minimum Gasteiger partial charge on any atom is -0.491 e. The smallest absolute Gasteiger partial charge is 0.270 e. The third kappa shape index (κ3) is 4.04. The predicted molar refractivity (Wildman–Crippen MR) is 94.1 cm³/mol. The van der Waals surface area contributed by atoms with Crippen molar-refractivity contribution in [3.05, 3.63) is 58.3 Å². The molecule has 0 spiro atoms. The van der Waals surface area contributed by atoms with Crippen molar-refractivity contribution < 1.29 is 18.7 Å². The maximum Gasteiger partial charge on any atom is 0.270 e. The van der Waals surface area contributed by atoms with Gasteiger partial charge in [-0.1, -0.05) is 12.1 Å². The molecule has 0 saturated carbocycles. The Bertz CT molecular complexity index is 836. The van der Waals surface area contributed by atoms with Crippen LogP contribution in [0.15, 0.2) is 41.3 Å². The molecule has 1 fully saturated rings. The molecule has 1 aromatic carbocycles. The van der Waals surface area contributed by atoms with Gasteiger partial charge in [0.2, 0.25) is 5.43 Å². The zero-order valence-electron chi connectivity index (χ0n) is 14.5. The van der Waals surface area contributed by atoms with E-state index in [0.29, 0.717) is 19.7 Å². The fraction of sp³-hybridized carbons (Fsp3) is 0.368. The van der Waals surface area contributed by atoms with E-state index in [0.717, 1.165) is 12.8 Å². The monoisotopic (exact) mass is 360 g/mol. The number of aromatic amines is 1. The average Bonchev–Trinajstić information content (AvgIpc) is 2.67. The van der Waals surface area contributed by atoms with Crippen LogP contribution in [0.5, 0.6) is 11.5 Å². The van der Waals surface area contributed by atoms with Gasteiger partial charge in [-0.3, -0.25) is 9.59 Å². The second-order valence-electron chi connectivity index (χ2n) is 6.28. The molecule has 2 heterocycles. The number of methoxy groups -OCH3 is 1. The highest BCUT2D eigenvalue weighted by molar-refractivity contribution is 5.92. The fourth-order valence-corrected chi connectivity index (χ4v) is 3.07. The molecule has 0 radical (unpaired) electrons. The van der Waals surface area contributed by atoms with E-state index in [4.69, 9.17) is 9.47 Å². The van der Waals surface area contributed by atoms with E-state index in [1.54, 1.807) is 23.1 Å². The summed E-state index contributed by atoms with van der Waals surface area (Å²) < 4.78 is 24.1. The van der Waals surface area contributed by atoms with Gasteiger partial charge in [-0.2, -0.15) is 0 Å². The molecule has 0 bridgehead atoms. The highest BCUT2D eigenvalue weighted by atomic mass is 19.1. The number of hydrogen-bond donors (Lipinski definition) is 1. The van der Waals surface area contributed by atoms with E-state index in [2.05, 4.69) is 4.98 Å². The number of likely N-dealkylation sites (tertiary alicyclic amines) is 1. The van der Waals surface area contributed by atoms with E-state index in [-0.39, 0.29) is 34.4 Å². The van der Waals surface area contributed by atoms with Crippen LogP contribution in [0, 0.1) is 11.7 Å². The molecular weight excluding hydrogens is 339 g/mol. The molecule has 1 atom stereocenters. The first-order valence-corrected chi connectivity index (χ1v) is 8.52. The Morgan fingerprint density at radius 2 is 2.15 bits per heavy atom. The van der Waals surface area contributed by atoms with Crippen molar-refractivity contribution in [3.63, 3.8) is 0 Å². The Balaban J connectivity index is 1.62. The van der Waals surface area contributed by atoms with Crippen LogP contribution in [0.1, 0.15) is 23.3 Å². The van der Waals surface area contributed by atoms with Gasteiger partial charge < -0.3 is 19.4 Å². The number of para-hydroxylation sites is 1. The minimum atomic E-state index is -0.396. The van der Waals surface area contributed by atoms with Gasteiger partial charge in [0.25, 0.3) is 5.91 Å². The van der Waals surface area contributed by atoms with E-state index in [9.17, 15) is 14.0 Å². The molecule has 7 heteroatoms. The van der Waals surface area contributed by atoms with Crippen molar-refractivity contribution in [3.8, 4) is 11.5 Å². The third-order valence-electron chi connectivity index (χ3n) is 4.44. The van der Waals surface area contributed by atoms with Crippen LogP contribution in [0.2, 0.25) is 0 Å². The number of pyridine rings is 1. The Labute approximate surface area is 150 Å². The Morgan fingerprint density at radius 3 is 2.88 bits per heavy atom. The molecular formula is C19H21FN2O4. The summed E-state index contributed by atoms with van der Waals surface area (Å²) in [4.78, 5) is 29.0. The second-order valence-corrected chi connectivity index (χ2v) is 6.28. The topological polar surface area (TPSA) is 71.6 Å². The van der Waals surface area contributed by atoms with Crippen molar-refractivity contribution >= 4 is 5.91 Å². The first-order valence-electron chi connectivity index (χ1n) is 8.52. The number of H-pyrrole nitrogens is 1. The number of halogens is 1. The summed E-state index contributed by atoms with van der Waals surface area (Å²) in [7, 11) is 1.40. The number of ether oxygens (including phenoxy) is 2. The van der Waals surface area contributed by atoms with E-state index in [1.807, 2.05) is 0 Å².